The summed E-state index contributed by atoms with van der Waals surface area (Å²) in [7, 11) is 0. The molecule has 0 aliphatic heterocycles. The number of para-hydroxylation sites is 1. The maximum atomic E-state index is 9.51. The van der Waals surface area contributed by atoms with Crippen LogP contribution < -0.4 is 0 Å². The van der Waals surface area contributed by atoms with Crippen LogP contribution in [0.25, 0.3) is 21.8 Å². The van der Waals surface area contributed by atoms with Gasteiger partial charge in [0.2, 0.25) is 0 Å². The number of aromatic nitrogens is 2. The average molecular weight is 362 g/mol. The molecule has 0 fully saturated rings. The third-order valence-corrected chi connectivity index (χ3v) is 4.63. The van der Waals surface area contributed by atoms with Crippen molar-refractivity contribution in [3.63, 3.8) is 0 Å². The molecule has 0 aliphatic rings. The minimum atomic E-state index is -0.0544. The number of nitrogens with zero attached hydrogens (tertiary/aromatic N) is 2. The summed E-state index contributed by atoms with van der Waals surface area (Å²) in [6.45, 7) is 3.17. The van der Waals surface area contributed by atoms with E-state index in [2.05, 4.69) is 28.6 Å². The molecule has 0 saturated heterocycles. The molecule has 4 nitrogen and oxygen atoms in total. The van der Waals surface area contributed by atoms with E-state index in [0.717, 1.165) is 29.4 Å². The van der Waals surface area contributed by atoms with Crippen molar-refractivity contribution in [1.29, 1.82) is 0 Å². The van der Waals surface area contributed by atoms with Gasteiger partial charge in [-0.3, -0.25) is 4.98 Å². The smallest absolute Gasteiger partial charge is 0.159 e. The lowest BCUT2D eigenvalue weighted by Crippen LogP contribution is -1.95. The van der Waals surface area contributed by atoms with Gasteiger partial charge in [-0.2, -0.15) is 0 Å². The Hall–Kier alpha value is -3.01. The lowest BCUT2D eigenvalue weighted by Gasteiger charge is -2.06. The predicted octanol–water partition coefficient (Wildman–Crippen LogP) is 5.87. The second kappa shape index (κ2) is 9.08. The molecule has 0 saturated carbocycles. The second-order valence-corrected chi connectivity index (χ2v) is 6.67. The monoisotopic (exact) mass is 362 g/mol. The van der Waals surface area contributed by atoms with Crippen molar-refractivity contribution in [1.82, 2.24) is 9.55 Å². The van der Waals surface area contributed by atoms with Crippen LogP contribution in [0.2, 0.25) is 0 Å². The number of rotatable bonds is 5. The van der Waals surface area contributed by atoms with Crippen LogP contribution in [0.5, 0.6) is 11.5 Å². The van der Waals surface area contributed by atoms with Crippen molar-refractivity contribution in [2.45, 2.75) is 39.2 Å². The molecule has 2 N–H and O–H groups in total. The van der Waals surface area contributed by atoms with Gasteiger partial charge in [-0.1, -0.05) is 50.5 Å². The second-order valence-electron chi connectivity index (χ2n) is 6.67. The van der Waals surface area contributed by atoms with Gasteiger partial charge >= 0.3 is 0 Å². The Balaban J connectivity index is 0.000000177. The zero-order valence-corrected chi connectivity index (χ0v) is 15.7. The zero-order valence-electron chi connectivity index (χ0n) is 15.7. The average Bonchev–Trinajstić information content (AvgIpc) is 3.08. The number of hydrogen-bond acceptors (Lipinski definition) is 3. The number of phenolic OH excluding ortho intramolecular Hbond substituents is 2. The van der Waals surface area contributed by atoms with E-state index in [1.54, 1.807) is 12.1 Å². The molecular formula is C23H26N2O2. The molecule has 0 radical (unpaired) electrons. The van der Waals surface area contributed by atoms with Crippen molar-refractivity contribution in [3.05, 3.63) is 67.0 Å². The van der Waals surface area contributed by atoms with Gasteiger partial charge in [-0.15, -0.1) is 0 Å². The van der Waals surface area contributed by atoms with Crippen LogP contribution in [-0.4, -0.2) is 19.8 Å². The van der Waals surface area contributed by atoms with Crippen LogP contribution in [0, 0.1) is 0 Å². The summed E-state index contributed by atoms with van der Waals surface area (Å²) in [5.41, 5.74) is 2.04. The maximum Gasteiger partial charge on any atom is 0.159 e. The third kappa shape index (κ3) is 4.79. The Labute approximate surface area is 159 Å². The molecule has 4 rings (SSSR count). The molecule has 2 aromatic carbocycles. The summed E-state index contributed by atoms with van der Waals surface area (Å²) in [5, 5.41) is 21.1. The number of unbranched alkanes of at least 4 members (excludes halogenated alkanes) is 3. The van der Waals surface area contributed by atoms with Crippen molar-refractivity contribution in [2.24, 2.45) is 0 Å². The minimum absolute atomic E-state index is 0.0500. The first-order valence-electron chi connectivity index (χ1n) is 9.49. The number of aromatic hydroxyl groups is 2. The van der Waals surface area contributed by atoms with Gasteiger partial charge in [-0.25, -0.2) is 0 Å². The molecular weight excluding hydrogens is 336 g/mol. The summed E-state index contributed by atoms with van der Waals surface area (Å²) in [6.07, 6.45) is 8.71. The van der Waals surface area contributed by atoms with E-state index in [0.29, 0.717) is 0 Å². The Bertz CT molecular complexity index is 942. The molecule has 140 valence electrons. The number of hydrogen-bond donors (Lipinski definition) is 2. The normalized spacial score (nSPS) is 10.7. The number of pyridine rings is 1. The predicted molar refractivity (Wildman–Crippen MR) is 111 cm³/mol. The van der Waals surface area contributed by atoms with Crippen LogP contribution in [0.4, 0.5) is 0 Å². The molecule has 2 heterocycles. The van der Waals surface area contributed by atoms with Crippen LogP contribution >= 0.6 is 0 Å². The van der Waals surface area contributed by atoms with Gasteiger partial charge < -0.3 is 14.8 Å². The minimum Gasteiger partial charge on any atom is -0.504 e. The fourth-order valence-electron chi connectivity index (χ4n) is 3.13. The highest BCUT2D eigenvalue weighted by molar-refractivity contribution is 5.83. The number of benzene rings is 2. The van der Waals surface area contributed by atoms with Crippen molar-refractivity contribution >= 4 is 21.8 Å². The molecule has 0 atom stereocenters. The maximum absolute atomic E-state index is 9.51. The summed E-state index contributed by atoms with van der Waals surface area (Å²) in [6, 6.07) is 17.3. The summed E-state index contributed by atoms with van der Waals surface area (Å²) >= 11 is 0. The lowest BCUT2D eigenvalue weighted by molar-refractivity contribution is 0.404. The SMILES string of the molecule is CCCCCCn1ccc2cc(O)c(O)cc21.c1ccc2ncccc2c1. The largest absolute Gasteiger partial charge is 0.504 e. The first-order valence-corrected chi connectivity index (χ1v) is 9.49. The van der Waals surface area contributed by atoms with Crippen molar-refractivity contribution < 1.29 is 10.2 Å². The fraction of sp³-hybridized carbons (Fsp3) is 0.261. The van der Waals surface area contributed by atoms with Gasteiger partial charge in [-0.05, 0) is 30.7 Å². The molecule has 0 spiro atoms. The van der Waals surface area contributed by atoms with E-state index in [-0.39, 0.29) is 11.5 Å². The van der Waals surface area contributed by atoms with Crippen LogP contribution in [-0.2, 0) is 6.54 Å². The van der Waals surface area contributed by atoms with Crippen molar-refractivity contribution in [2.75, 3.05) is 0 Å². The van der Waals surface area contributed by atoms with Gasteiger partial charge in [0, 0.05) is 35.8 Å². The fourth-order valence-corrected chi connectivity index (χ4v) is 3.13. The highest BCUT2D eigenvalue weighted by atomic mass is 16.3. The highest BCUT2D eigenvalue weighted by Gasteiger charge is 2.06. The van der Waals surface area contributed by atoms with Crippen molar-refractivity contribution in [3.8, 4) is 11.5 Å². The summed E-state index contributed by atoms with van der Waals surface area (Å²) in [5.74, 6) is -0.104. The van der Waals surface area contributed by atoms with E-state index in [9.17, 15) is 10.2 Å². The Morgan fingerprint density at radius 1 is 0.852 bits per heavy atom. The first-order chi connectivity index (χ1) is 13.2. The topological polar surface area (TPSA) is 58.3 Å². The molecule has 0 aliphatic carbocycles. The molecule has 27 heavy (non-hydrogen) atoms. The van der Waals surface area contributed by atoms with E-state index >= 15 is 0 Å². The number of fused-ring (bicyclic) bond motifs is 2. The molecule has 0 amide bonds. The van der Waals surface area contributed by atoms with Gasteiger partial charge in [0.15, 0.2) is 11.5 Å². The number of aryl methyl sites for hydroxylation is 1. The Morgan fingerprint density at radius 2 is 1.63 bits per heavy atom. The van der Waals surface area contributed by atoms with Crippen LogP contribution in [0.1, 0.15) is 32.6 Å². The number of phenols is 2. The molecule has 2 aromatic heterocycles. The van der Waals surface area contributed by atoms with E-state index < -0.39 is 0 Å². The Kier molecular flexibility index (Phi) is 6.31. The Morgan fingerprint density at radius 3 is 2.44 bits per heavy atom. The van der Waals surface area contributed by atoms with Gasteiger partial charge in [0.1, 0.15) is 0 Å². The van der Waals surface area contributed by atoms with E-state index in [1.807, 2.05) is 42.7 Å². The van der Waals surface area contributed by atoms with Gasteiger partial charge in [0.25, 0.3) is 0 Å². The quantitative estimate of drug-likeness (QED) is 0.345. The van der Waals surface area contributed by atoms with Gasteiger partial charge in [0.05, 0.1) is 11.0 Å². The summed E-state index contributed by atoms with van der Waals surface area (Å²) in [4.78, 5) is 4.18. The lowest BCUT2D eigenvalue weighted by atomic mass is 10.2. The molecule has 0 unspecified atom stereocenters. The molecule has 4 aromatic rings. The van der Waals surface area contributed by atoms with Crippen LogP contribution in [0.15, 0.2) is 67.0 Å². The summed E-state index contributed by atoms with van der Waals surface area (Å²) < 4.78 is 2.13. The van der Waals surface area contributed by atoms with Crippen LogP contribution in [0.3, 0.4) is 0 Å². The standard InChI is InChI=1S/C14H19NO2.C9H7N/c1-2-3-4-5-7-15-8-6-11-9-13(16)14(17)10-12(11)15;1-2-6-9-8(4-1)5-3-7-10-9/h6,8-10,16-17H,2-5,7H2,1H3;1-7H. The highest BCUT2D eigenvalue weighted by Crippen LogP contribution is 2.30. The first kappa shape index (κ1) is 18.8. The van der Waals surface area contributed by atoms with E-state index in [1.165, 1.54) is 24.6 Å². The third-order valence-electron chi connectivity index (χ3n) is 4.63. The molecule has 0 bridgehead atoms. The zero-order chi connectivity index (χ0) is 19.1. The molecule has 4 heteroatoms. The van der Waals surface area contributed by atoms with E-state index in [4.69, 9.17) is 0 Å².